The van der Waals surface area contributed by atoms with Gasteiger partial charge in [0.25, 0.3) is 0 Å². The molecule has 0 saturated carbocycles. The number of pyridine rings is 1. The lowest BCUT2D eigenvalue weighted by atomic mass is 10.1. The number of primary amides is 1. The van der Waals surface area contributed by atoms with Crippen LogP contribution in [0.25, 0.3) is 10.8 Å². The number of aryl methyl sites for hydroxylation is 1. The van der Waals surface area contributed by atoms with Gasteiger partial charge in [0.15, 0.2) is 0 Å². The topological polar surface area (TPSA) is 105 Å². The van der Waals surface area contributed by atoms with Crippen LogP contribution in [0, 0.1) is 6.92 Å². The average molecular weight is 287 g/mol. The number of carboxylic acid groups (broad SMARTS) is 1. The van der Waals surface area contributed by atoms with E-state index in [-0.39, 0.29) is 12.8 Å². The predicted molar refractivity (Wildman–Crippen MR) is 80.0 cm³/mol. The second kappa shape index (κ2) is 6.21. The minimum Gasteiger partial charge on any atom is -0.480 e. The van der Waals surface area contributed by atoms with Gasteiger partial charge in [-0.05, 0) is 24.8 Å². The molecule has 0 aliphatic heterocycles. The van der Waals surface area contributed by atoms with Crippen molar-refractivity contribution in [3.05, 3.63) is 36.0 Å². The first kappa shape index (κ1) is 14.8. The molecule has 6 nitrogen and oxygen atoms in total. The molecule has 1 unspecified atom stereocenters. The van der Waals surface area contributed by atoms with E-state index >= 15 is 0 Å². The van der Waals surface area contributed by atoms with Gasteiger partial charge in [0.1, 0.15) is 11.9 Å². The first-order valence-electron chi connectivity index (χ1n) is 6.60. The molecule has 21 heavy (non-hydrogen) atoms. The Bertz CT molecular complexity index is 685. The van der Waals surface area contributed by atoms with E-state index in [1.807, 2.05) is 31.2 Å². The maximum Gasteiger partial charge on any atom is 0.326 e. The van der Waals surface area contributed by atoms with Crippen LogP contribution in [-0.2, 0) is 9.59 Å². The fraction of sp³-hybridized carbons (Fsp3) is 0.267. The van der Waals surface area contributed by atoms with E-state index in [1.54, 1.807) is 6.20 Å². The number of benzene rings is 1. The quantitative estimate of drug-likeness (QED) is 0.749. The molecule has 0 fully saturated rings. The maximum absolute atomic E-state index is 11.3. The van der Waals surface area contributed by atoms with Crippen LogP contribution < -0.4 is 11.1 Å². The first-order chi connectivity index (χ1) is 9.97. The molecule has 1 aromatic carbocycles. The molecule has 0 aliphatic carbocycles. The van der Waals surface area contributed by atoms with E-state index in [4.69, 9.17) is 5.73 Å². The molecule has 0 radical (unpaired) electrons. The Kier molecular flexibility index (Phi) is 4.37. The molecule has 0 bridgehead atoms. The zero-order chi connectivity index (χ0) is 15.4. The fourth-order valence-corrected chi connectivity index (χ4v) is 2.12. The smallest absolute Gasteiger partial charge is 0.326 e. The summed E-state index contributed by atoms with van der Waals surface area (Å²) in [4.78, 5) is 26.3. The van der Waals surface area contributed by atoms with Crippen molar-refractivity contribution >= 4 is 28.5 Å². The third-order valence-electron chi connectivity index (χ3n) is 3.21. The third kappa shape index (κ3) is 3.68. The Balaban J connectivity index is 2.28. The van der Waals surface area contributed by atoms with E-state index in [0.717, 1.165) is 16.3 Å². The molecule has 0 spiro atoms. The summed E-state index contributed by atoms with van der Waals surface area (Å²) in [7, 11) is 0. The summed E-state index contributed by atoms with van der Waals surface area (Å²) < 4.78 is 0. The highest BCUT2D eigenvalue weighted by Gasteiger charge is 2.19. The van der Waals surface area contributed by atoms with Crippen molar-refractivity contribution in [1.29, 1.82) is 0 Å². The molecule has 2 aromatic rings. The van der Waals surface area contributed by atoms with Crippen LogP contribution >= 0.6 is 0 Å². The van der Waals surface area contributed by atoms with Gasteiger partial charge in [-0.2, -0.15) is 0 Å². The lowest BCUT2D eigenvalue weighted by Gasteiger charge is -2.16. The third-order valence-corrected chi connectivity index (χ3v) is 3.21. The molecular weight excluding hydrogens is 270 g/mol. The number of carboxylic acids is 1. The Morgan fingerprint density at radius 1 is 1.38 bits per heavy atom. The highest BCUT2D eigenvalue weighted by Crippen LogP contribution is 2.23. The van der Waals surface area contributed by atoms with E-state index in [1.165, 1.54) is 0 Å². The minimum atomic E-state index is -1.04. The lowest BCUT2D eigenvalue weighted by Crippen LogP contribution is -2.31. The lowest BCUT2D eigenvalue weighted by molar-refractivity contribution is -0.138. The SMILES string of the molecule is Cc1ccc2c(NC(CCC(N)=O)C(=O)O)nccc2c1. The number of fused-ring (bicyclic) bond motifs is 1. The monoisotopic (exact) mass is 287 g/mol. The molecule has 6 heteroatoms. The van der Waals surface area contributed by atoms with Crippen molar-refractivity contribution < 1.29 is 14.7 Å². The number of hydrogen-bond acceptors (Lipinski definition) is 4. The number of nitrogens with two attached hydrogens (primary N) is 1. The Morgan fingerprint density at radius 3 is 2.81 bits per heavy atom. The van der Waals surface area contributed by atoms with E-state index in [0.29, 0.717) is 5.82 Å². The molecule has 2 rings (SSSR count). The largest absolute Gasteiger partial charge is 0.480 e. The number of hydrogen-bond donors (Lipinski definition) is 3. The number of aliphatic carboxylic acids is 1. The summed E-state index contributed by atoms with van der Waals surface area (Å²) in [6.45, 7) is 1.99. The zero-order valence-corrected chi connectivity index (χ0v) is 11.7. The predicted octanol–water partition coefficient (Wildman–Crippen LogP) is 1.67. The van der Waals surface area contributed by atoms with Crippen LogP contribution in [0.3, 0.4) is 0 Å². The second-order valence-corrected chi connectivity index (χ2v) is 4.92. The zero-order valence-electron chi connectivity index (χ0n) is 11.7. The van der Waals surface area contributed by atoms with Gasteiger partial charge >= 0.3 is 5.97 Å². The van der Waals surface area contributed by atoms with Gasteiger partial charge in [-0.3, -0.25) is 4.79 Å². The van der Waals surface area contributed by atoms with Crippen molar-refractivity contribution in [3.63, 3.8) is 0 Å². The van der Waals surface area contributed by atoms with Crippen molar-refractivity contribution in [2.24, 2.45) is 5.73 Å². The highest BCUT2D eigenvalue weighted by atomic mass is 16.4. The summed E-state index contributed by atoms with van der Waals surface area (Å²) in [5.41, 5.74) is 6.18. The van der Waals surface area contributed by atoms with Gasteiger partial charge in [-0.15, -0.1) is 0 Å². The molecule has 1 amide bonds. The second-order valence-electron chi connectivity index (χ2n) is 4.92. The Labute approximate surface area is 122 Å². The standard InChI is InChI=1S/C15H17N3O3/c1-9-2-3-11-10(8-9)6-7-17-14(11)18-12(15(20)21)4-5-13(16)19/h2-3,6-8,12H,4-5H2,1H3,(H2,16,19)(H,17,18)(H,20,21). The number of anilines is 1. The van der Waals surface area contributed by atoms with Crippen LogP contribution in [0.5, 0.6) is 0 Å². The van der Waals surface area contributed by atoms with Gasteiger partial charge in [0.2, 0.25) is 5.91 Å². The molecule has 1 heterocycles. The summed E-state index contributed by atoms with van der Waals surface area (Å²) in [6.07, 6.45) is 1.75. The van der Waals surface area contributed by atoms with Gasteiger partial charge < -0.3 is 16.2 Å². The van der Waals surface area contributed by atoms with Crippen LogP contribution in [0.1, 0.15) is 18.4 Å². The van der Waals surface area contributed by atoms with E-state index < -0.39 is 17.9 Å². The van der Waals surface area contributed by atoms with E-state index in [9.17, 15) is 14.7 Å². The van der Waals surface area contributed by atoms with Crippen molar-refractivity contribution in [2.75, 3.05) is 5.32 Å². The number of carbonyl (C=O) groups is 2. The minimum absolute atomic E-state index is 0.00778. The number of aromatic nitrogens is 1. The molecule has 4 N–H and O–H groups in total. The van der Waals surface area contributed by atoms with Gasteiger partial charge in [-0.1, -0.05) is 23.8 Å². The molecule has 1 atom stereocenters. The summed E-state index contributed by atoms with van der Waals surface area (Å²) >= 11 is 0. The van der Waals surface area contributed by atoms with E-state index in [2.05, 4.69) is 10.3 Å². The summed E-state index contributed by atoms with van der Waals surface area (Å²) in [6, 6.07) is 6.80. The average Bonchev–Trinajstić information content (AvgIpc) is 2.42. The Morgan fingerprint density at radius 2 is 2.14 bits per heavy atom. The number of nitrogens with one attached hydrogen (secondary N) is 1. The number of nitrogens with zero attached hydrogens (tertiary/aromatic N) is 1. The molecule has 0 aliphatic rings. The van der Waals surface area contributed by atoms with Crippen molar-refractivity contribution in [2.45, 2.75) is 25.8 Å². The molecule has 0 saturated heterocycles. The Hall–Kier alpha value is -2.63. The highest BCUT2D eigenvalue weighted by molar-refractivity contribution is 5.93. The number of carbonyl (C=O) groups excluding carboxylic acids is 1. The van der Waals surface area contributed by atoms with Crippen molar-refractivity contribution in [1.82, 2.24) is 4.98 Å². The normalized spacial score (nSPS) is 12.0. The van der Waals surface area contributed by atoms with Crippen LogP contribution in [0.4, 0.5) is 5.82 Å². The van der Waals surface area contributed by atoms with Crippen LogP contribution in [-0.4, -0.2) is 28.0 Å². The van der Waals surface area contributed by atoms with Crippen molar-refractivity contribution in [3.8, 4) is 0 Å². The van der Waals surface area contributed by atoms with Crippen LogP contribution in [0.2, 0.25) is 0 Å². The first-order valence-corrected chi connectivity index (χ1v) is 6.60. The number of amides is 1. The molecular formula is C15H17N3O3. The molecule has 110 valence electrons. The molecule has 1 aromatic heterocycles. The van der Waals surface area contributed by atoms with Gasteiger partial charge in [0.05, 0.1) is 0 Å². The maximum atomic E-state index is 11.3. The van der Waals surface area contributed by atoms with Gasteiger partial charge in [0, 0.05) is 18.0 Å². The summed E-state index contributed by atoms with van der Waals surface area (Å²) in [5, 5.41) is 13.9. The summed E-state index contributed by atoms with van der Waals surface area (Å²) in [5.74, 6) is -1.07. The van der Waals surface area contributed by atoms with Crippen LogP contribution in [0.15, 0.2) is 30.5 Å². The fourth-order valence-electron chi connectivity index (χ4n) is 2.12. The van der Waals surface area contributed by atoms with Gasteiger partial charge in [-0.25, -0.2) is 9.78 Å². The number of rotatable bonds is 6.